The Morgan fingerprint density at radius 1 is 1.53 bits per heavy atom. The summed E-state index contributed by atoms with van der Waals surface area (Å²) in [6, 6.07) is 6.22. The first-order valence-electron chi connectivity index (χ1n) is 5.71. The zero-order valence-corrected chi connectivity index (χ0v) is 12.5. The summed E-state index contributed by atoms with van der Waals surface area (Å²) < 4.78 is 0.919. The quantitative estimate of drug-likeness (QED) is 0.834. The van der Waals surface area contributed by atoms with E-state index in [2.05, 4.69) is 15.9 Å². The number of benzene rings is 1. The molecule has 1 aliphatic heterocycles. The van der Waals surface area contributed by atoms with Crippen molar-refractivity contribution in [2.24, 2.45) is 0 Å². The van der Waals surface area contributed by atoms with Gasteiger partial charge in [-0.05, 0) is 46.7 Å². The summed E-state index contributed by atoms with van der Waals surface area (Å²) in [4.78, 5) is 14.3. The van der Waals surface area contributed by atoms with Crippen LogP contribution in [0.15, 0.2) is 22.7 Å². The Labute approximate surface area is 115 Å². The van der Waals surface area contributed by atoms with E-state index >= 15 is 0 Å². The summed E-state index contributed by atoms with van der Waals surface area (Å²) in [5.41, 5.74) is 1.87. The average molecular weight is 314 g/mol. The van der Waals surface area contributed by atoms with E-state index in [9.17, 15) is 4.79 Å². The van der Waals surface area contributed by atoms with Crippen LogP contribution in [0.5, 0.6) is 0 Å². The van der Waals surface area contributed by atoms with Gasteiger partial charge in [0.1, 0.15) is 0 Å². The Morgan fingerprint density at radius 3 is 2.94 bits per heavy atom. The van der Waals surface area contributed by atoms with Crippen LogP contribution in [0.25, 0.3) is 0 Å². The molecule has 1 amide bonds. The molecule has 1 saturated heterocycles. The Kier molecular flexibility index (Phi) is 4.15. The van der Waals surface area contributed by atoms with E-state index in [1.54, 1.807) is 0 Å². The number of hydrogen-bond donors (Lipinski definition) is 0. The lowest BCUT2D eigenvalue weighted by molar-refractivity contribution is 0.0747. The van der Waals surface area contributed by atoms with Gasteiger partial charge in [0.05, 0.1) is 5.56 Å². The van der Waals surface area contributed by atoms with E-state index < -0.39 is 0 Å². The van der Waals surface area contributed by atoms with Crippen LogP contribution in [0.3, 0.4) is 0 Å². The van der Waals surface area contributed by atoms with Gasteiger partial charge in [0.25, 0.3) is 5.91 Å². The maximum absolute atomic E-state index is 12.4. The fourth-order valence-corrected chi connectivity index (χ4v) is 3.70. The average Bonchev–Trinajstić information content (AvgIpc) is 2.84. The van der Waals surface area contributed by atoms with Gasteiger partial charge in [0.15, 0.2) is 0 Å². The molecule has 0 N–H and O–H groups in total. The first kappa shape index (κ1) is 13.0. The first-order valence-corrected chi connectivity index (χ1v) is 7.66. The molecule has 0 aromatic heterocycles. The highest BCUT2D eigenvalue weighted by molar-refractivity contribution is 9.10. The van der Waals surface area contributed by atoms with Crippen molar-refractivity contribution in [3.8, 4) is 0 Å². The number of halogens is 1. The van der Waals surface area contributed by atoms with Gasteiger partial charge in [-0.15, -0.1) is 0 Å². The molecule has 1 atom stereocenters. The molecule has 92 valence electrons. The maximum Gasteiger partial charge on any atom is 0.255 e. The van der Waals surface area contributed by atoms with Crippen molar-refractivity contribution < 1.29 is 4.79 Å². The van der Waals surface area contributed by atoms with Gasteiger partial charge in [-0.25, -0.2) is 0 Å². The minimum absolute atomic E-state index is 0.119. The predicted molar refractivity (Wildman–Crippen MR) is 76.7 cm³/mol. The molecule has 0 spiro atoms. The molecule has 0 saturated carbocycles. The highest BCUT2D eigenvalue weighted by Gasteiger charge is 2.25. The lowest BCUT2D eigenvalue weighted by Crippen LogP contribution is -2.37. The minimum Gasteiger partial charge on any atom is -0.338 e. The largest absolute Gasteiger partial charge is 0.338 e. The maximum atomic E-state index is 12.4. The minimum atomic E-state index is 0.119. The second kappa shape index (κ2) is 5.44. The van der Waals surface area contributed by atoms with Crippen LogP contribution in [0.2, 0.25) is 0 Å². The van der Waals surface area contributed by atoms with E-state index in [1.807, 2.05) is 48.8 Å². The third-order valence-corrected chi connectivity index (χ3v) is 5.39. The molecule has 2 nitrogen and oxygen atoms in total. The van der Waals surface area contributed by atoms with Crippen LogP contribution in [0, 0.1) is 6.92 Å². The number of rotatable bonds is 2. The van der Waals surface area contributed by atoms with Crippen molar-refractivity contribution in [1.82, 2.24) is 4.90 Å². The molecule has 1 heterocycles. The summed E-state index contributed by atoms with van der Waals surface area (Å²) in [5.74, 6) is 2.34. The molecule has 1 aromatic carbocycles. The molecule has 4 heteroatoms. The van der Waals surface area contributed by atoms with Gasteiger partial charge in [-0.2, -0.15) is 11.8 Å². The molecule has 1 aliphatic rings. The lowest BCUT2D eigenvalue weighted by atomic mass is 10.1. The zero-order chi connectivity index (χ0) is 12.4. The molecule has 2 rings (SSSR count). The van der Waals surface area contributed by atoms with E-state index in [0.717, 1.165) is 33.5 Å². The van der Waals surface area contributed by atoms with Crippen LogP contribution in [-0.2, 0) is 0 Å². The van der Waals surface area contributed by atoms with E-state index in [4.69, 9.17) is 0 Å². The number of carbonyl (C=O) groups excluding carboxylic acids is 1. The third kappa shape index (κ3) is 2.68. The van der Waals surface area contributed by atoms with Crippen molar-refractivity contribution >= 4 is 33.6 Å². The number of nitrogens with zero attached hydrogens (tertiary/aromatic N) is 1. The van der Waals surface area contributed by atoms with E-state index in [1.165, 1.54) is 0 Å². The van der Waals surface area contributed by atoms with Gasteiger partial charge in [-0.3, -0.25) is 4.79 Å². The molecular weight excluding hydrogens is 298 g/mol. The Balaban J connectivity index is 2.21. The predicted octanol–water partition coefficient (Wildman–Crippen LogP) is 3.34. The monoisotopic (exact) mass is 313 g/mol. The highest BCUT2D eigenvalue weighted by atomic mass is 79.9. The molecule has 1 aromatic rings. The van der Waals surface area contributed by atoms with Crippen LogP contribution in [-0.4, -0.2) is 35.4 Å². The molecule has 17 heavy (non-hydrogen) atoms. The molecule has 0 radical (unpaired) electrons. The summed E-state index contributed by atoms with van der Waals surface area (Å²) in [6.45, 7) is 2.01. The Hall–Kier alpha value is -0.480. The number of amides is 1. The van der Waals surface area contributed by atoms with Crippen molar-refractivity contribution in [3.63, 3.8) is 0 Å². The number of carbonyl (C=O) groups is 1. The van der Waals surface area contributed by atoms with Crippen LogP contribution >= 0.6 is 27.7 Å². The second-order valence-corrected chi connectivity index (χ2v) is 6.31. The van der Waals surface area contributed by atoms with Gasteiger partial charge in [0, 0.05) is 23.3 Å². The normalized spacial score (nSPS) is 19.4. The molecule has 0 aliphatic carbocycles. The zero-order valence-electron chi connectivity index (χ0n) is 10.1. The molecule has 0 bridgehead atoms. The van der Waals surface area contributed by atoms with Crippen molar-refractivity contribution in [2.75, 3.05) is 18.6 Å². The smallest absolute Gasteiger partial charge is 0.255 e. The van der Waals surface area contributed by atoms with Gasteiger partial charge in [0.2, 0.25) is 0 Å². The topological polar surface area (TPSA) is 20.3 Å². The summed E-state index contributed by atoms with van der Waals surface area (Å²) >= 11 is 5.43. The van der Waals surface area contributed by atoms with Crippen LogP contribution in [0.1, 0.15) is 22.3 Å². The first-order chi connectivity index (χ1) is 8.11. The fourth-order valence-electron chi connectivity index (χ4n) is 2.00. The van der Waals surface area contributed by atoms with Crippen LogP contribution < -0.4 is 0 Å². The van der Waals surface area contributed by atoms with Crippen molar-refractivity contribution in [3.05, 3.63) is 33.8 Å². The summed E-state index contributed by atoms with van der Waals surface area (Å²) in [7, 11) is 1.91. The highest BCUT2D eigenvalue weighted by Crippen LogP contribution is 2.26. The van der Waals surface area contributed by atoms with E-state index in [-0.39, 0.29) is 5.91 Å². The number of hydrogen-bond acceptors (Lipinski definition) is 2. The van der Waals surface area contributed by atoms with Crippen LogP contribution in [0.4, 0.5) is 0 Å². The number of thioether (sulfide) groups is 1. The summed E-state index contributed by atoms with van der Waals surface area (Å²) in [5, 5.41) is 0. The standard InChI is InChI=1S/C13H16BrNOS/c1-9-4-3-5-11(12(9)14)13(16)15(2)10-6-7-17-8-10/h3-5,10H,6-8H2,1-2H3. The van der Waals surface area contributed by atoms with Crippen molar-refractivity contribution in [2.45, 2.75) is 19.4 Å². The molecule has 1 fully saturated rings. The molecular formula is C13H16BrNOS. The SMILES string of the molecule is Cc1cccc(C(=O)N(C)C2CCSC2)c1Br. The second-order valence-electron chi connectivity index (χ2n) is 4.37. The van der Waals surface area contributed by atoms with Gasteiger partial charge < -0.3 is 4.90 Å². The van der Waals surface area contributed by atoms with Gasteiger partial charge >= 0.3 is 0 Å². The summed E-state index contributed by atoms with van der Waals surface area (Å²) in [6.07, 6.45) is 1.11. The third-order valence-electron chi connectivity index (χ3n) is 3.20. The number of aryl methyl sites for hydroxylation is 1. The Bertz CT molecular complexity index is 429. The van der Waals surface area contributed by atoms with Crippen molar-refractivity contribution in [1.29, 1.82) is 0 Å². The fraction of sp³-hybridized carbons (Fsp3) is 0.462. The van der Waals surface area contributed by atoms with E-state index in [0.29, 0.717) is 6.04 Å². The van der Waals surface area contributed by atoms with Gasteiger partial charge in [-0.1, -0.05) is 12.1 Å². The lowest BCUT2D eigenvalue weighted by Gasteiger charge is -2.24. The Morgan fingerprint density at radius 2 is 2.29 bits per heavy atom. The molecule has 1 unspecified atom stereocenters.